The molecule has 2 aliphatic heterocycles. The lowest BCUT2D eigenvalue weighted by molar-refractivity contribution is -0.157. The van der Waals surface area contributed by atoms with Gasteiger partial charge >= 0.3 is 0 Å². The van der Waals surface area contributed by atoms with Gasteiger partial charge in [-0.1, -0.05) is 0 Å². The van der Waals surface area contributed by atoms with Crippen LogP contribution in [-0.4, -0.2) is 62.9 Å². The first kappa shape index (κ1) is 15.8. The number of hydrogen-bond acceptors (Lipinski definition) is 5. The molecule has 0 N–H and O–H groups in total. The van der Waals surface area contributed by atoms with Crippen LogP contribution in [0.1, 0.15) is 12.0 Å². The van der Waals surface area contributed by atoms with E-state index in [1.54, 1.807) is 0 Å². The summed E-state index contributed by atoms with van der Waals surface area (Å²) in [7, 11) is 0. The number of ether oxygens (including phenoxy) is 2. The molecule has 0 saturated carbocycles. The monoisotopic (exact) mass is 315 g/mol. The number of rotatable bonds is 2. The van der Waals surface area contributed by atoms with Crippen LogP contribution in [-0.2, 0) is 14.3 Å². The summed E-state index contributed by atoms with van der Waals surface area (Å²) in [5.74, 6) is 0.0337. The van der Waals surface area contributed by atoms with E-state index in [1.807, 2.05) is 29.2 Å². The molecular weight excluding hydrogens is 294 g/mol. The Morgan fingerprint density at radius 3 is 2.65 bits per heavy atom. The van der Waals surface area contributed by atoms with Crippen LogP contribution in [0.3, 0.4) is 0 Å². The first-order valence-electron chi connectivity index (χ1n) is 8.01. The third-order valence-electron chi connectivity index (χ3n) is 4.26. The van der Waals surface area contributed by atoms with Crippen molar-refractivity contribution in [2.45, 2.75) is 12.5 Å². The fraction of sp³-hybridized carbons (Fsp3) is 0.529. The summed E-state index contributed by atoms with van der Waals surface area (Å²) in [6.07, 6.45) is 0.462. The highest BCUT2D eigenvalue weighted by atomic mass is 16.6. The van der Waals surface area contributed by atoms with Gasteiger partial charge in [-0.05, 0) is 30.7 Å². The van der Waals surface area contributed by atoms with Crippen LogP contribution >= 0.6 is 0 Å². The Bertz CT molecular complexity index is 576. The van der Waals surface area contributed by atoms with E-state index in [1.165, 1.54) is 0 Å². The molecule has 1 aromatic carbocycles. The molecule has 1 amide bonds. The lowest BCUT2D eigenvalue weighted by Crippen LogP contribution is -2.46. The zero-order valence-corrected chi connectivity index (χ0v) is 13.1. The van der Waals surface area contributed by atoms with Crippen LogP contribution in [0.5, 0.6) is 0 Å². The third-order valence-corrected chi connectivity index (χ3v) is 4.26. The van der Waals surface area contributed by atoms with Crippen molar-refractivity contribution in [2.24, 2.45) is 0 Å². The molecule has 0 aromatic heterocycles. The second-order valence-corrected chi connectivity index (χ2v) is 5.76. The molecule has 0 spiro atoms. The molecule has 6 nitrogen and oxygen atoms in total. The Hall–Kier alpha value is -2.10. The van der Waals surface area contributed by atoms with Crippen LogP contribution in [0.15, 0.2) is 24.3 Å². The first-order chi connectivity index (χ1) is 11.3. The molecule has 3 rings (SSSR count). The van der Waals surface area contributed by atoms with Crippen molar-refractivity contribution < 1.29 is 14.3 Å². The topological polar surface area (TPSA) is 65.8 Å². The normalized spacial score (nSPS) is 22.3. The van der Waals surface area contributed by atoms with E-state index in [0.717, 1.165) is 31.7 Å². The van der Waals surface area contributed by atoms with Crippen LogP contribution in [0.25, 0.3) is 0 Å². The fourth-order valence-corrected chi connectivity index (χ4v) is 2.98. The maximum atomic E-state index is 12.5. The average molecular weight is 315 g/mol. The Labute approximate surface area is 136 Å². The number of amides is 1. The van der Waals surface area contributed by atoms with Gasteiger partial charge in [0, 0.05) is 31.9 Å². The highest BCUT2D eigenvalue weighted by Crippen LogP contribution is 2.18. The summed E-state index contributed by atoms with van der Waals surface area (Å²) < 4.78 is 10.8. The lowest BCUT2D eigenvalue weighted by Gasteiger charge is -2.28. The van der Waals surface area contributed by atoms with E-state index >= 15 is 0 Å². The van der Waals surface area contributed by atoms with Gasteiger partial charge in [0.1, 0.15) is 0 Å². The van der Waals surface area contributed by atoms with Crippen molar-refractivity contribution in [2.75, 3.05) is 50.9 Å². The molecule has 2 aliphatic rings. The van der Waals surface area contributed by atoms with Gasteiger partial charge in [-0.3, -0.25) is 4.79 Å². The number of benzene rings is 1. The van der Waals surface area contributed by atoms with Gasteiger partial charge in [0.15, 0.2) is 6.10 Å². The zero-order valence-electron chi connectivity index (χ0n) is 13.1. The van der Waals surface area contributed by atoms with Crippen LogP contribution in [0, 0.1) is 11.3 Å². The smallest absolute Gasteiger partial charge is 0.254 e. The van der Waals surface area contributed by atoms with E-state index in [4.69, 9.17) is 14.7 Å². The minimum atomic E-state index is -0.454. The van der Waals surface area contributed by atoms with Crippen molar-refractivity contribution in [1.82, 2.24) is 4.90 Å². The van der Waals surface area contributed by atoms with Gasteiger partial charge in [-0.25, -0.2) is 0 Å². The van der Waals surface area contributed by atoms with Crippen LogP contribution < -0.4 is 4.90 Å². The molecule has 122 valence electrons. The fourth-order valence-electron chi connectivity index (χ4n) is 2.98. The number of anilines is 1. The average Bonchev–Trinajstić information content (AvgIpc) is 2.88. The van der Waals surface area contributed by atoms with Gasteiger partial charge < -0.3 is 19.3 Å². The summed E-state index contributed by atoms with van der Waals surface area (Å²) in [6, 6.07) is 9.72. The Morgan fingerprint density at radius 2 is 1.96 bits per heavy atom. The molecule has 1 atom stereocenters. The van der Waals surface area contributed by atoms with Crippen molar-refractivity contribution in [1.29, 1.82) is 5.26 Å². The maximum Gasteiger partial charge on any atom is 0.254 e. The second-order valence-electron chi connectivity index (χ2n) is 5.76. The van der Waals surface area contributed by atoms with Gasteiger partial charge in [0.2, 0.25) is 0 Å². The van der Waals surface area contributed by atoms with E-state index in [2.05, 4.69) is 11.0 Å². The number of carbonyl (C=O) groups excluding carboxylic acids is 1. The van der Waals surface area contributed by atoms with Gasteiger partial charge in [0.05, 0.1) is 31.5 Å². The molecule has 23 heavy (non-hydrogen) atoms. The molecule has 0 radical (unpaired) electrons. The van der Waals surface area contributed by atoms with Crippen molar-refractivity contribution in [3.05, 3.63) is 29.8 Å². The minimum Gasteiger partial charge on any atom is -0.376 e. The number of hydrogen-bond donors (Lipinski definition) is 0. The molecule has 2 saturated heterocycles. The molecule has 0 aliphatic carbocycles. The van der Waals surface area contributed by atoms with E-state index in [9.17, 15) is 4.79 Å². The molecule has 2 heterocycles. The summed E-state index contributed by atoms with van der Waals surface area (Å²) in [4.78, 5) is 16.6. The third kappa shape index (κ3) is 3.81. The number of nitrogens with zero attached hydrogens (tertiary/aromatic N) is 3. The number of carbonyl (C=O) groups is 1. The van der Waals surface area contributed by atoms with Crippen LogP contribution in [0.2, 0.25) is 0 Å². The van der Waals surface area contributed by atoms with E-state index < -0.39 is 6.10 Å². The van der Waals surface area contributed by atoms with Crippen molar-refractivity contribution in [3.8, 4) is 6.07 Å². The molecule has 0 bridgehead atoms. The second kappa shape index (κ2) is 7.44. The van der Waals surface area contributed by atoms with E-state index in [0.29, 0.717) is 31.9 Å². The molecule has 0 unspecified atom stereocenters. The predicted octanol–water partition coefficient (Wildman–Crippen LogP) is 1.01. The van der Waals surface area contributed by atoms with Gasteiger partial charge in [-0.15, -0.1) is 0 Å². The number of nitriles is 1. The summed E-state index contributed by atoms with van der Waals surface area (Å²) in [5.41, 5.74) is 1.75. The summed E-state index contributed by atoms with van der Waals surface area (Å²) in [6.45, 7) is 4.51. The predicted molar refractivity (Wildman–Crippen MR) is 85.1 cm³/mol. The minimum absolute atomic E-state index is 0.0337. The molecule has 6 heteroatoms. The standard InChI is InChI=1S/C17H21N3O3/c18-12-14-2-4-15(5-3-14)19-6-1-7-20(9-8-19)17(21)16-13-22-10-11-23-16/h2-5,16H,1,6-11,13H2/t16-/m0/s1. The van der Waals surface area contributed by atoms with Gasteiger partial charge in [0.25, 0.3) is 5.91 Å². The van der Waals surface area contributed by atoms with E-state index in [-0.39, 0.29) is 5.91 Å². The Morgan fingerprint density at radius 1 is 1.13 bits per heavy atom. The van der Waals surface area contributed by atoms with Gasteiger partial charge in [-0.2, -0.15) is 5.26 Å². The lowest BCUT2D eigenvalue weighted by atomic mass is 10.2. The zero-order chi connectivity index (χ0) is 16.1. The highest BCUT2D eigenvalue weighted by molar-refractivity contribution is 5.81. The quantitative estimate of drug-likeness (QED) is 0.815. The first-order valence-corrected chi connectivity index (χ1v) is 8.01. The SMILES string of the molecule is N#Cc1ccc(N2CCCN(C(=O)[C@@H]3COCCO3)CC2)cc1. The van der Waals surface area contributed by atoms with Crippen LogP contribution in [0.4, 0.5) is 5.69 Å². The summed E-state index contributed by atoms with van der Waals surface area (Å²) >= 11 is 0. The Kier molecular flexibility index (Phi) is 5.11. The molecule has 1 aromatic rings. The van der Waals surface area contributed by atoms with Crippen molar-refractivity contribution >= 4 is 11.6 Å². The summed E-state index contributed by atoms with van der Waals surface area (Å²) in [5, 5.41) is 8.87. The van der Waals surface area contributed by atoms with Crippen molar-refractivity contribution in [3.63, 3.8) is 0 Å². The molecule has 2 fully saturated rings. The largest absolute Gasteiger partial charge is 0.376 e. The highest BCUT2D eigenvalue weighted by Gasteiger charge is 2.28. The Balaban J connectivity index is 1.60. The molecular formula is C17H21N3O3. The maximum absolute atomic E-state index is 12.5.